The van der Waals surface area contributed by atoms with Gasteiger partial charge in [0.05, 0.1) is 10.6 Å². The van der Waals surface area contributed by atoms with Crippen LogP contribution in [0.3, 0.4) is 0 Å². The van der Waals surface area contributed by atoms with Gasteiger partial charge in [0.15, 0.2) is 6.61 Å². The lowest BCUT2D eigenvalue weighted by Crippen LogP contribution is -2.31. The van der Waals surface area contributed by atoms with E-state index >= 15 is 0 Å². The third kappa shape index (κ3) is 4.63. The second-order valence-corrected chi connectivity index (χ2v) is 7.67. The van der Waals surface area contributed by atoms with Crippen LogP contribution in [0.2, 0.25) is 0 Å². The van der Waals surface area contributed by atoms with Gasteiger partial charge in [0.1, 0.15) is 5.69 Å². The van der Waals surface area contributed by atoms with Crippen molar-refractivity contribution in [2.75, 3.05) is 19.7 Å². The summed E-state index contributed by atoms with van der Waals surface area (Å²) in [7, 11) is 0. The highest BCUT2D eigenvalue weighted by atomic mass is 32.1. The summed E-state index contributed by atoms with van der Waals surface area (Å²) >= 11 is 1.59. The smallest absolute Gasteiger partial charge is 0.331 e. The molecule has 1 aliphatic rings. The molecule has 1 saturated heterocycles. The second-order valence-electron chi connectivity index (χ2n) is 6.72. The van der Waals surface area contributed by atoms with E-state index in [-0.39, 0.29) is 12.5 Å². The van der Waals surface area contributed by atoms with Gasteiger partial charge >= 0.3 is 5.97 Å². The van der Waals surface area contributed by atoms with Crippen molar-refractivity contribution in [3.63, 3.8) is 0 Å². The Morgan fingerprint density at radius 2 is 1.90 bits per heavy atom. The summed E-state index contributed by atoms with van der Waals surface area (Å²) in [6.07, 6.45) is 6.93. The molecule has 0 aliphatic carbocycles. The molecule has 1 amide bonds. The SMILES string of the molecule is O=C(/C=C/c1cn(-c2ccccc2)nc1-c1cccs1)OCC(=O)N1CCCC1. The van der Waals surface area contributed by atoms with E-state index in [0.29, 0.717) is 0 Å². The zero-order valence-electron chi connectivity index (χ0n) is 15.9. The first kappa shape index (κ1) is 19.1. The van der Waals surface area contributed by atoms with Gasteiger partial charge in [-0.15, -0.1) is 11.3 Å². The number of hydrogen-bond acceptors (Lipinski definition) is 5. The lowest BCUT2D eigenvalue weighted by Gasteiger charge is -2.14. The Morgan fingerprint density at radius 3 is 2.62 bits per heavy atom. The molecule has 0 bridgehead atoms. The molecule has 0 atom stereocenters. The molecule has 2 aromatic heterocycles. The van der Waals surface area contributed by atoms with Crippen LogP contribution in [0.4, 0.5) is 0 Å². The number of thiophene rings is 1. The van der Waals surface area contributed by atoms with Crippen LogP contribution in [-0.2, 0) is 14.3 Å². The van der Waals surface area contributed by atoms with Crippen LogP contribution >= 0.6 is 11.3 Å². The van der Waals surface area contributed by atoms with Crippen molar-refractivity contribution in [2.45, 2.75) is 12.8 Å². The van der Waals surface area contributed by atoms with E-state index in [9.17, 15) is 9.59 Å². The summed E-state index contributed by atoms with van der Waals surface area (Å²) in [5.74, 6) is -0.678. The number of ether oxygens (including phenoxy) is 1. The number of carbonyl (C=O) groups excluding carboxylic acids is 2. The predicted octanol–water partition coefficient (Wildman–Crippen LogP) is 3.78. The van der Waals surface area contributed by atoms with Gasteiger partial charge in [0.25, 0.3) is 5.91 Å². The van der Waals surface area contributed by atoms with Crippen molar-refractivity contribution in [1.82, 2.24) is 14.7 Å². The van der Waals surface area contributed by atoms with Gasteiger partial charge in [-0.25, -0.2) is 9.48 Å². The molecule has 4 rings (SSSR count). The van der Waals surface area contributed by atoms with Crippen molar-refractivity contribution < 1.29 is 14.3 Å². The largest absolute Gasteiger partial charge is 0.452 e. The Balaban J connectivity index is 1.48. The molecule has 1 aromatic carbocycles. The molecule has 0 radical (unpaired) electrons. The summed E-state index contributed by atoms with van der Waals surface area (Å²) in [5, 5.41) is 6.68. The van der Waals surface area contributed by atoms with Gasteiger partial charge in [-0.2, -0.15) is 5.10 Å². The molecule has 6 nitrogen and oxygen atoms in total. The minimum Gasteiger partial charge on any atom is -0.452 e. The highest BCUT2D eigenvalue weighted by Crippen LogP contribution is 2.28. The molecule has 1 fully saturated rings. The van der Waals surface area contributed by atoms with Crippen LogP contribution in [0.5, 0.6) is 0 Å². The van der Waals surface area contributed by atoms with E-state index in [1.54, 1.807) is 27.0 Å². The fourth-order valence-electron chi connectivity index (χ4n) is 3.22. The molecular weight excluding hydrogens is 386 g/mol. The monoisotopic (exact) mass is 407 g/mol. The minimum atomic E-state index is -0.540. The lowest BCUT2D eigenvalue weighted by atomic mass is 10.2. The molecule has 3 heterocycles. The molecule has 0 unspecified atom stereocenters. The summed E-state index contributed by atoms with van der Waals surface area (Å²) in [4.78, 5) is 26.9. The number of rotatable bonds is 6. The van der Waals surface area contributed by atoms with Crippen LogP contribution in [0.15, 0.2) is 60.1 Å². The van der Waals surface area contributed by atoms with Gasteiger partial charge < -0.3 is 9.64 Å². The number of esters is 1. The molecular formula is C22H21N3O3S. The third-order valence-corrected chi connectivity index (χ3v) is 5.59. The second kappa shape index (κ2) is 8.87. The van der Waals surface area contributed by atoms with Crippen LogP contribution in [0.1, 0.15) is 18.4 Å². The number of likely N-dealkylation sites (tertiary alicyclic amines) is 1. The van der Waals surface area contributed by atoms with Gasteiger partial charge in [-0.3, -0.25) is 4.79 Å². The first-order valence-corrected chi connectivity index (χ1v) is 10.4. The zero-order chi connectivity index (χ0) is 20.1. The van der Waals surface area contributed by atoms with Gasteiger partial charge in [-0.1, -0.05) is 24.3 Å². The molecule has 3 aromatic rings. The summed E-state index contributed by atoms with van der Waals surface area (Å²) < 4.78 is 6.91. The van der Waals surface area contributed by atoms with Gasteiger partial charge in [-0.05, 0) is 42.5 Å². The van der Waals surface area contributed by atoms with E-state index in [0.717, 1.165) is 47.8 Å². The summed E-state index contributed by atoms with van der Waals surface area (Å²) in [5.41, 5.74) is 2.53. The Hall–Kier alpha value is -3.19. The van der Waals surface area contributed by atoms with Crippen molar-refractivity contribution in [3.8, 4) is 16.3 Å². The van der Waals surface area contributed by atoms with Crippen molar-refractivity contribution >= 4 is 29.3 Å². The maximum atomic E-state index is 12.1. The predicted molar refractivity (Wildman–Crippen MR) is 113 cm³/mol. The third-order valence-electron chi connectivity index (χ3n) is 4.71. The number of nitrogens with zero attached hydrogens (tertiary/aromatic N) is 3. The van der Waals surface area contributed by atoms with Crippen LogP contribution in [-0.4, -0.2) is 46.3 Å². The normalized spacial score (nSPS) is 13.9. The van der Waals surface area contributed by atoms with E-state index in [2.05, 4.69) is 0 Å². The Kier molecular flexibility index (Phi) is 5.86. The van der Waals surface area contributed by atoms with Crippen LogP contribution < -0.4 is 0 Å². The Morgan fingerprint density at radius 1 is 1.10 bits per heavy atom. The molecule has 148 valence electrons. The molecule has 29 heavy (non-hydrogen) atoms. The van der Waals surface area contributed by atoms with Crippen LogP contribution in [0, 0.1) is 0 Å². The Bertz CT molecular complexity index is 1000. The molecule has 0 spiro atoms. The van der Waals surface area contributed by atoms with E-state index in [1.165, 1.54) is 6.08 Å². The molecule has 1 aliphatic heterocycles. The zero-order valence-corrected chi connectivity index (χ0v) is 16.7. The molecule has 0 saturated carbocycles. The van der Waals surface area contributed by atoms with Crippen molar-refractivity contribution in [1.29, 1.82) is 0 Å². The number of hydrogen-bond donors (Lipinski definition) is 0. The standard InChI is InChI=1S/C22H21N3O3S/c26-20(24-12-4-5-13-24)16-28-21(27)11-10-17-15-25(18-7-2-1-3-8-18)23-22(17)19-9-6-14-29-19/h1-3,6-11,14-15H,4-5,12-13,16H2/b11-10+. The van der Waals surface area contributed by atoms with Crippen molar-refractivity contribution in [2.24, 2.45) is 0 Å². The molecule has 0 N–H and O–H groups in total. The average Bonchev–Trinajstić information content (AvgIpc) is 3.52. The minimum absolute atomic E-state index is 0.138. The number of aromatic nitrogens is 2. The maximum absolute atomic E-state index is 12.1. The topological polar surface area (TPSA) is 64.4 Å². The Labute approximate surface area is 173 Å². The summed E-state index contributed by atoms with van der Waals surface area (Å²) in [6, 6.07) is 13.7. The highest BCUT2D eigenvalue weighted by Gasteiger charge is 2.18. The van der Waals surface area contributed by atoms with E-state index < -0.39 is 5.97 Å². The fourth-order valence-corrected chi connectivity index (χ4v) is 3.95. The number of benzene rings is 1. The maximum Gasteiger partial charge on any atom is 0.331 e. The van der Waals surface area contributed by atoms with Crippen LogP contribution in [0.25, 0.3) is 22.3 Å². The first-order chi connectivity index (χ1) is 14.2. The van der Waals surface area contributed by atoms with E-state index in [4.69, 9.17) is 9.84 Å². The summed E-state index contributed by atoms with van der Waals surface area (Å²) in [6.45, 7) is 1.27. The number of para-hydroxylation sites is 1. The number of amides is 1. The average molecular weight is 407 g/mol. The van der Waals surface area contributed by atoms with E-state index in [1.807, 2.05) is 54.0 Å². The quantitative estimate of drug-likeness (QED) is 0.461. The highest BCUT2D eigenvalue weighted by molar-refractivity contribution is 7.13. The van der Waals surface area contributed by atoms with Gasteiger partial charge in [0.2, 0.25) is 0 Å². The molecule has 7 heteroatoms. The number of carbonyl (C=O) groups is 2. The fraction of sp³-hybridized carbons (Fsp3) is 0.227. The van der Waals surface area contributed by atoms with Gasteiger partial charge in [0, 0.05) is 30.9 Å². The lowest BCUT2D eigenvalue weighted by molar-refractivity contribution is -0.147. The first-order valence-electron chi connectivity index (χ1n) is 9.52. The van der Waals surface area contributed by atoms with Crippen molar-refractivity contribution in [3.05, 3.63) is 65.7 Å².